The Kier molecular flexibility index (Phi) is 6.01. The normalized spacial score (nSPS) is 18.0. The van der Waals surface area contributed by atoms with Gasteiger partial charge in [0.2, 0.25) is 5.91 Å². The molecule has 1 aliphatic rings. The van der Waals surface area contributed by atoms with Gasteiger partial charge in [0.15, 0.2) is 0 Å². The van der Waals surface area contributed by atoms with Gasteiger partial charge in [-0.3, -0.25) is 9.59 Å². The minimum absolute atomic E-state index is 0.0757. The van der Waals surface area contributed by atoms with Crippen molar-refractivity contribution in [3.05, 3.63) is 70.6 Å². The predicted molar refractivity (Wildman–Crippen MR) is 98.6 cm³/mol. The van der Waals surface area contributed by atoms with Crippen molar-refractivity contribution in [2.75, 3.05) is 26.2 Å². The molecule has 0 bridgehead atoms. The summed E-state index contributed by atoms with van der Waals surface area (Å²) in [7, 11) is 0. The van der Waals surface area contributed by atoms with Gasteiger partial charge in [-0.15, -0.1) is 0 Å². The molecular weight excluding hydrogens is 314 g/mol. The standard InChI is InChI=1S/C20H25N3O2/c24-19(16-23-13-5-4-10-20(23)25)21-11-14-22-12-6-9-18(15-22)17-7-2-1-3-8-17/h1-5,7-8,10,13,18H,6,9,11-12,14-16H2,(H,21,24)/t18-/m0/s1. The van der Waals surface area contributed by atoms with Gasteiger partial charge in [0.25, 0.3) is 5.56 Å². The van der Waals surface area contributed by atoms with Crippen LogP contribution in [0.15, 0.2) is 59.5 Å². The number of amides is 1. The number of hydrogen-bond acceptors (Lipinski definition) is 3. The Morgan fingerprint density at radius 1 is 1.12 bits per heavy atom. The van der Waals surface area contributed by atoms with E-state index < -0.39 is 0 Å². The first kappa shape index (κ1) is 17.4. The number of pyridine rings is 1. The van der Waals surface area contributed by atoms with Gasteiger partial charge in [-0.1, -0.05) is 36.4 Å². The molecule has 3 rings (SSSR count). The molecule has 1 amide bonds. The van der Waals surface area contributed by atoms with Gasteiger partial charge in [-0.2, -0.15) is 0 Å². The van der Waals surface area contributed by atoms with E-state index in [9.17, 15) is 9.59 Å². The lowest BCUT2D eigenvalue weighted by molar-refractivity contribution is -0.121. The smallest absolute Gasteiger partial charge is 0.250 e. The van der Waals surface area contributed by atoms with Crippen molar-refractivity contribution >= 4 is 5.91 Å². The first-order valence-electron chi connectivity index (χ1n) is 8.92. The zero-order valence-corrected chi connectivity index (χ0v) is 14.4. The number of benzene rings is 1. The lowest BCUT2D eigenvalue weighted by Crippen LogP contribution is -2.41. The number of nitrogens with one attached hydrogen (secondary N) is 1. The molecule has 0 aliphatic carbocycles. The number of carbonyl (C=O) groups is 1. The van der Waals surface area contributed by atoms with Crippen molar-refractivity contribution in [3.63, 3.8) is 0 Å². The fourth-order valence-corrected chi connectivity index (χ4v) is 3.41. The maximum atomic E-state index is 12.0. The number of likely N-dealkylation sites (tertiary alicyclic amines) is 1. The fourth-order valence-electron chi connectivity index (χ4n) is 3.41. The molecule has 0 radical (unpaired) electrons. The molecule has 1 aromatic carbocycles. The Balaban J connectivity index is 1.43. The molecule has 0 unspecified atom stereocenters. The Labute approximate surface area is 148 Å². The highest BCUT2D eigenvalue weighted by Gasteiger charge is 2.20. The topological polar surface area (TPSA) is 54.3 Å². The number of rotatable bonds is 6. The van der Waals surface area contributed by atoms with Gasteiger partial charge in [-0.05, 0) is 36.9 Å². The van der Waals surface area contributed by atoms with Crippen molar-refractivity contribution < 1.29 is 4.79 Å². The summed E-state index contributed by atoms with van der Waals surface area (Å²) in [5, 5.41) is 2.92. The monoisotopic (exact) mass is 339 g/mol. The van der Waals surface area contributed by atoms with E-state index in [2.05, 4.69) is 40.5 Å². The van der Waals surface area contributed by atoms with Crippen molar-refractivity contribution in [1.29, 1.82) is 0 Å². The zero-order chi connectivity index (χ0) is 17.5. The van der Waals surface area contributed by atoms with Gasteiger partial charge in [0.1, 0.15) is 6.54 Å². The summed E-state index contributed by atoms with van der Waals surface area (Å²) in [4.78, 5) is 26.0. The van der Waals surface area contributed by atoms with E-state index in [1.807, 2.05) is 0 Å². The highest BCUT2D eigenvalue weighted by atomic mass is 16.2. The number of nitrogens with zero attached hydrogens (tertiary/aromatic N) is 2. The lowest BCUT2D eigenvalue weighted by Gasteiger charge is -2.33. The Bertz CT molecular complexity index is 742. The van der Waals surface area contributed by atoms with Gasteiger partial charge in [0.05, 0.1) is 0 Å². The third kappa shape index (κ3) is 5.03. The summed E-state index contributed by atoms with van der Waals surface area (Å²) in [6.45, 7) is 3.66. The molecule has 2 aromatic rings. The summed E-state index contributed by atoms with van der Waals surface area (Å²) in [5.74, 6) is 0.457. The minimum atomic E-state index is -0.153. The maximum Gasteiger partial charge on any atom is 0.250 e. The average Bonchev–Trinajstić information content (AvgIpc) is 2.65. The maximum absolute atomic E-state index is 12.0. The molecule has 1 fully saturated rings. The van der Waals surface area contributed by atoms with Crippen LogP contribution in [0.5, 0.6) is 0 Å². The molecular formula is C20H25N3O2. The zero-order valence-electron chi connectivity index (χ0n) is 14.4. The summed E-state index contributed by atoms with van der Waals surface area (Å²) < 4.78 is 1.42. The molecule has 5 heteroatoms. The SMILES string of the molecule is O=C(Cn1ccccc1=O)NCCN1CCC[C@H](c2ccccc2)C1. The molecule has 0 saturated carbocycles. The van der Waals surface area contributed by atoms with E-state index in [0.717, 1.165) is 19.6 Å². The number of hydrogen-bond donors (Lipinski definition) is 1. The largest absolute Gasteiger partial charge is 0.353 e. The molecule has 132 valence electrons. The van der Waals surface area contributed by atoms with E-state index in [4.69, 9.17) is 0 Å². The van der Waals surface area contributed by atoms with E-state index in [1.165, 1.54) is 29.0 Å². The van der Waals surface area contributed by atoms with Gasteiger partial charge < -0.3 is 14.8 Å². The van der Waals surface area contributed by atoms with Crippen LogP contribution in [0.25, 0.3) is 0 Å². The fraction of sp³-hybridized carbons (Fsp3) is 0.400. The van der Waals surface area contributed by atoms with Crippen LogP contribution in [0.2, 0.25) is 0 Å². The average molecular weight is 339 g/mol. The third-order valence-electron chi connectivity index (χ3n) is 4.74. The van der Waals surface area contributed by atoms with E-state index in [-0.39, 0.29) is 18.0 Å². The van der Waals surface area contributed by atoms with Crippen LogP contribution in [0.1, 0.15) is 24.3 Å². The Hall–Kier alpha value is -2.40. The molecule has 1 aromatic heterocycles. The molecule has 1 atom stereocenters. The van der Waals surface area contributed by atoms with E-state index in [1.54, 1.807) is 18.3 Å². The van der Waals surface area contributed by atoms with Crippen molar-refractivity contribution in [3.8, 4) is 0 Å². The van der Waals surface area contributed by atoms with E-state index in [0.29, 0.717) is 12.5 Å². The van der Waals surface area contributed by atoms with Crippen molar-refractivity contribution in [2.45, 2.75) is 25.3 Å². The van der Waals surface area contributed by atoms with Crippen LogP contribution in [0, 0.1) is 0 Å². The summed E-state index contributed by atoms with van der Waals surface area (Å²) in [5.41, 5.74) is 1.25. The van der Waals surface area contributed by atoms with Gasteiger partial charge >= 0.3 is 0 Å². The number of carbonyl (C=O) groups excluding carboxylic acids is 1. The van der Waals surface area contributed by atoms with Crippen LogP contribution in [0.3, 0.4) is 0 Å². The van der Waals surface area contributed by atoms with Crippen LogP contribution in [0.4, 0.5) is 0 Å². The lowest BCUT2D eigenvalue weighted by atomic mass is 9.91. The second kappa shape index (κ2) is 8.62. The third-order valence-corrected chi connectivity index (χ3v) is 4.74. The molecule has 0 spiro atoms. The van der Waals surface area contributed by atoms with Crippen LogP contribution in [-0.4, -0.2) is 41.6 Å². The number of aromatic nitrogens is 1. The molecule has 2 heterocycles. The molecule has 1 N–H and O–H groups in total. The quantitative estimate of drug-likeness (QED) is 0.874. The Morgan fingerprint density at radius 3 is 2.72 bits per heavy atom. The van der Waals surface area contributed by atoms with Crippen LogP contribution in [-0.2, 0) is 11.3 Å². The second-order valence-electron chi connectivity index (χ2n) is 6.57. The van der Waals surface area contributed by atoms with Crippen LogP contribution >= 0.6 is 0 Å². The summed E-state index contributed by atoms with van der Waals surface area (Å²) in [6.07, 6.45) is 4.05. The molecule has 25 heavy (non-hydrogen) atoms. The molecule has 5 nitrogen and oxygen atoms in total. The van der Waals surface area contributed by atoms with Gasteiger partial charge in [-0.25, -0.2) is 0 Å². The second-order valence-corrected chi connectivity index (χ2v) is 6.57. The number of piperidine rings is 1. The van der Waals surface area contributed by atoms with E-state index >= 15 is 0 Å². The molecule has 1 aliphatic heterocycles. The highest BCUT2D eigenvalue weighted by Crippen LogP contribution is 2.26. The van der Waals surface area contributed by atoms with Crippen molar-refractivity contribution in [1.82, 2.24) is 14.8 Å². The highest BCUT2D eigenvalue weighted by molar-refractivity contribution is 5.75. The first-order valence-corrected chi connectivity index (χ1v) is 8.92. The summed E-state index contributed by atoms with van der Waals surface area (Å²) >= 11 is 0. The van der Waals surface area contributed by atoms with Crippen LogP contribution < -0.4 is 10.9 Å². The molecule has 1 saturated heterocycles. The predicted octanol–water partition coefficient (Wildman–Crippen LogP) is 1.84. The Morgan fingerprint density at radius 2 is 1.92 bits per heavy atom. The summed E-state index contributed by atoms with van der Waals surface area (Å²) in [6, 6.07) is 15.5. The first-order chi connectivity index (χ1) is 12.2. The van der Waals surface area contributed by atoms with Crippen molar-refractivity contribution in [2.24, 2.45) is 0 Å². The van der Waals surface area contributed by atoms with Gasteiger partial charge in [0, 0.05) is 31.9 Å². The minimum Gasteiger partial charge on any atom is -0.353 e.